The predicted octanol–water partition coefficient (Wildman–Crippen LogP) is 2.99. The van der Waals surface area contributed by atoms with Crippen LogP contribution in [-0.4, -0.2) is 10.9 Å². The molecule has 0 saturated heterocycles. The zero-order chi connectivity index (χ0) is 13.8. The predicted molar refractivity (Wildman–Crippen MR) is 80.1 cm³/mol. The fraction of sp³-hybridized carbons (Fsp3) is 0.143. The quantitative estimate of drug-likeness (QED) is 0.667. The number of nitrogens with zero attached hydrogens (tertiary/aromatic N) is 1. The molecular formula is C14H15N3OS. The van der Waals surface area contributed by atoms with Crippen molar-refractivity contribution in [2.75, 3.05) is 11.1 Å². The zero-order valence-electron chi connectivity index (χ0n) is 10.8. The fourth-order valence-corrected chi connectivity index (χ4v) is 2.33. The van der Waals surface area contributed by atoms with Crippen LogP contribution in [0.2, 0.25) is 0 Å². The van der Waals surface area contributed by atoms with Gasteiger partial charge in [0.15, 0.2) is 5.13 Å². The first-order valence-electron chi connectivity index (χ1n) is 5.83. The SMILES string of the molecule is Cc1nc(NC(=O)/C=C/c2cccc(N)c2)sc1C. The van der Waals surface area contributed by atoms with Gasteiger partial charge < -0.3 is 5.73 Å². The molecule has 0 unspecified atom stereocenters. The van der Waals surface area contributed by atoms with Crippen molar-refractivity contribution in [3.05, 3.63) is 46.5 Å². The molecule has 0 aliphatic carbocycles. The number of thiazole rings is 1. The van der Waals surface area contributed by atoms with E-state index in [9.17, 15) is 4.79 Å². The second kappa shape index (κ2) is 5.67. The third-order valence-electron chi connectivity index (χ3n) is 2.60. The number of nitrogens with two attached hydrogens (primary N) is 1. The smallest absolute Gasteiger partial charge is 0.250 e. The van der Waals surface area contributed by atoms with Gasteiger partial charge in [-0.2, -0.15) is 0 Å². The first-order chi connectivity index (χ1) is 9.04. The van der Waals surface area contributed by atoms with E-state index in [1.165, 1.54) is 17.4 Å². The van der Waals surface area contributed by atoms with Crippen LogP contribution in [0.15, 0.2) is 30.3 Å². The summed E-state index contributed by atoms with van der Waals surface area (Å²) in [5.41, 5.74) is 8.17. The number of hydrogen-bond donors (Lipinski definition) is 2. The molecule has 0 spiro atoms. The average Bonchev–Trinajstić information content (AvgIpc) is 2.66. The molecule has 0 radical (unpaired) electrons. The summed E-state index contributed by atoms with van der Waals surface area (Å²) < 4.78 is 0. The zero-order valence-corrected chi connectivity index (χ0v) is 11.6. The molecule has 1 aromatic heterocycles. The van der Waals surface area contributed by atoms with Gasteiger partial charge in [0, 0.05) is 16.6 Å². The van der Waals surface area contributed by atoms with Crippen molar-refractivity contribution < 1.29 is 4.79 Å². The van der Waals surface area contributed by atoms with Crippen LogP contribution in [-0.2, 0) is 4.79 Å². The molecule has 5 heteroatoms. The topological polar surface area (TPSA) is 68.0 Å². The summed E-state index contributed by atoms with van der Waals surface area (Å²) >= 11 is 1.47. The lowest BCUT2D eigenvalue weighted by Gasteiger charge is -1.97. The minimum Gasteiger partial charge on any atom is -0.399 e. The number of carbonyl (C=O) groups is 1. The molecule has 2 rings (SSSR count). The molecule has 0 aliphatic heterocycles. The summed E-state index contributed by atoms with van der Waals surface area (Å²) in [6, 6.07) is 7.35. The summed E-state index contributed by atoms with van der Waals surface area (Å²) in [6.45, 7) is 3.90. The van der Waals surface area contributed by atoms with E-state index in [1.54, 1.807) is 12.1 Å². The van der Waals surface area contributed by atoms with E-state index in [0.717, 1.165) is 16.1 Å². The first-order valence-corrected chi connectivity index (χ1v) is 6.65. The summed E-state index contributed by atoms with van der Waals surface area (Å²) in [6.07, 6.45) is 3.19. The molecule has 2 aromatic rings. The van der Waals surface area contributed by atoms with E-state index in [2.05, 4.69) is 10.3 Å². The van der Waals surface area contributed by atoms with Gasteiger partial charge in [0.1, 0.15) is 0 Å². The average molecular weight is 273 g/mol. The minimum atomic E-state index is -0.198. The Balaban J connectivity index is 2.01. The Morgan fingerprint density at radius 2 is 2.21 bits per heavy atom. The Bertz CT molecular complexity index is 612. The first kappa shape index (κ1) is 13.3. The summed E-state index contributed by atoms with van der Waals surface area (Å²) in [5.74, 6) is -0.198. The van der Waals surface area contributed by atoms with E-state index in [-0.39, 0.29) is 5.91 Å². The lowest BCUT2D eigenvalue weighted by Crippen LogP contribution is -2.07. The van der Waals surface area contributed by atoms with Crippen LogP contribution < -0.4 is 11.1 Å². The largest absolute Gasteiger partial charge is 0.399 e. The Morgan fingerprint density at radius 1 is 1.42 bits per heavy atom. The van der Waals surface area contributed by atoms with Crippen molar-refractivity contribution in [1.29, 1.82) is 0 Å². The molecule has 0 bridgehead atoms. The van der Waals surface area contributed by atoms with Gasteiger partial charge in [-0.3, -0.25) is 10.1 Å². The van der Waals surface area contributed by atoms with E-state index in [4.69, 9.17) is 5.73 Å². The lowest BCUT2D eigenvalue weighted by atomic mass is 10.2. The van der Waals surface area contributed by atoms with Crippen molar-refractivity contribution in [3.8, 4) is 0 Å². The number of rotatable bonds is 3. The number of nitrogens with one attached hydrogen (secondary N) is 1. The normalized spacial score (nSPS) is 10.8. The monoisotopic (exact) mass is 273 g/mol. The summed E-state index contributed by atoms with van der Waals surface area (Å²) in [4.78, 5) is 17.1. The van der Waals surface area contributed by atoms with Crippen molar-refractivity contribution in [2.24, 2.45) is 0 Å². The van der Waals surface area contributed by atoms with Gasteiger partial charge in [-0.15, -0.1) is 11.3 Å². The third kappa shape index (κ3) is 3.66. The molecule has 1 heterocycles. The van der Waals surface area contributed by atoms with Crippen molar-refractivity contribution >= 4 is 34.1 Å². The molecule has 4 nitrogen and oxygen atoms in total. The number of nitrogen functional groups attached to an aromatic ring is 1. The fourth-order valence-electron chi connectivity index (χ4n) is 1.51. The van der Waals surface area contributed by atoms with Crippen molar-refractivity contribution in [2.45, 2.75) is 13.8 Å². The van der Waals surface area contributed by atoms with Gasteiger partial charge in [-0.05, 0) is 37.6 Å². The van der Waals surface area contributed by atoms with Crippen LogP contribution in [0.5, 0.6) is 0 Å². The molecule has 0 fully saturated rings. The van der Waals surface area contributed by atoms with Gasteiger partial charge in [-0.25, -0.2) is 4.98 Å². The lowest BCUT2D eigenvalue weighted by molar-refractivity contribution is -0.111. The number of benzene rings is 1. The van der Waals surface area contributed by atoms with Gasteiger partial charge in [0.25, 0.3) is 0 Å². The van der Waals surface area contributed by atoms with E-state index >= 15 is 0 Å². The number of aromatic nitrogens is 1. The van der Waals surface area contributed by atoms with Crippen molar-refractivity contribution in [3.63, 3.8) is 0 Å². The van der Waals surface area contributed by atoms with Crippen LogP contribution in [0.1, 0.15) is 16.1 Å². The molecule has 98 valence electrons. The van der Waals surface area contributed by atoms with E-state index in [1.807, 2.05) is 32.0 Å². The number of hydrogen-bond acceptors (Lipinski definition) is 4. The molecule has 0 aliphatic rings. The highest BCUT2D eigenvalue weighted by molar-refractivity contribution is 7.15. The molecule has 0 saturated carbocycles. The van der Waals surface area contributed by atoms with Gasteiger partial charge in [-0.1, -0.05) is 12.1 Å². The Kier molecular flexibility index (Phi) is 3.97. The molecule has 3 N–H and O–H groups in total. The molecule has 0 atom stereocenters. The maximum absolute atomic E-state index is 11.7. The summed E-state index contributed by atoms with van der Waals surface area (Å²) in [7, 11) is 0. The second-order valence-electron chi connectivity index (χ2n) is 4.15. The number of aryl methyl sites for hydroxylation is 2. The number of anilines is 2. The van der Waals surface area contributed by atoms with Crippen LogP contribution in [0.4, 0.5) is 10.8 Å². The highest BCUT2D eigenvalue weighted by Gasteiger charge is 2.05. The highest BCUT2D eigenvalue weighted by Crippen LogP contribution is 2.21. The number of amides is 1. The van der Waals surface area contributed by atoms with Gasteiger partial charge in [0.2, 0.25) is 5.91 Å². The van der Waals surface area contributed by atoms with Gasteiger partial charge >= 0.3 is 0 Å². The molecule has 1 aromatic carbocycles. The maximum Gasteiger partial charge on any atom is 0.250 e. The second-order valence-corrected chi connectivity index (χ2v) is 5.36. The Labute approximate surface area is 116 Å². The molecule has 1 amide bonds. The minimum absolute atomic E-state index is 0.198. The standard InChI is InChI=1S/C14H15N3OS/c1-9-10(2)19-14(16-9)17-13(18)7-6-11-4-3-5-12(15)8-11/h3-8H,15H2,1-2H3,(H,16,17,18)/b7-6+. The number of carbonyl (C=O) groups excluding carboxylic acids is 1. The van der Waals surface area contributed by atoms with Gasteiger partial charge in [0.05, 0.1) is 5.69 Å². The molecule has 19 heavy (non-hydrogen) atoms. The van der Waals surface area contributed by atoms with Crippen LogP contribution in [0.25, 0.3) is 6.08 Å². The van der Waals surface area contributed by atoms with E-state index in [0.29, 0.717) is 10.8 Å². The molecular weight excluding hydrogens is 258 g/mol. The Hall–Kier alpha value is -2.14. The maximum atomic E-state index is 11.7. The highest BCUT2D eigenvalue weighted by atomic mass is 32.1. The van der Waals surface area contributed by atoms with Crippen LogP contribution in [0, 0.1) is 13.8 Å². The Morgan fingerprint density at radius 3 is 2.84 bits per heavy atom. The van der Waals surface area contributed by atoms with Crippen LogP contribution in [0.3, 0.4) is 0 Å². The summed E-state index contributed by atoms with van der Waals surface area (Å²) in [5, 5.41) is 3.36. The van der Waals surface area contributed by atoms with Crippen molar-refractivity contribution in [1.82, 2.24) is 4.98 Å². The van der Waals surface area contributed by atoms with E-state index < -0.39 is 0 Å². The van der Waals surface area contributed by atoms with Crippen LogP contribution >= 0.6 is 11.3 Å². The third-order valence-corrected chi connectivity index (χ3v) is 3.58.